The molecule has 0 bridgehead atoms. The number of nitrogens with one attached hydrogen (secondary N) is 1. The molecular formula is C14H23NO3S. The number of unbranched alkanes of at least 4 members (excludes halogenated alkanes) is 2. The minimum Gasteiger partial charge on any atom is -0.395 e. The van der Waals surface area contributed by atoms with Crippen molar-refractivity contribution >= 4 is 10.0 Å². The largest absolute Gasteiger partial charge is 0.395 e. The summed E-state index contributed by atoms with van der Waals surface area (Å²) in [7, 11) is -3.52. The van der Waals surface area contributed by atoms with Crippen molar-refractivity contribution < 1.29 is 13.5 Å². The fourth-order valence-corrected chi connectivity index (χ4v) is 3.02. The maximum Gasteiger partial charge on any atom is 0.240 e. The van der Waals surface area contributed by atoms with Crippen LogP contribution in [0.4, 0.5) is 0 Å². The average Bonchev–Trinajstić information content (AvgIpc) is 2.39. The van der Waals surface area contributed by atoms with Crippen molar-refractivity contribution in [2.75, 3.05) is 6.61 Å². The standard InChI is InChI=1S/C14H23NO3S/c1-3-4-5-6-13-7-9-14(10-8-13)19(17,18)15-12(2)11-16/h7-10,12,15-16H,3-6,11H2,1-2H3. The first kappa shape index (κ1) is 16.1. The van der Waals surface area contributed by atoms with Crippen LogP contribution in [0.5, 0.6) is 0 Å². The number of aliphatic hydroxyl groups is 1. The van der Waals surface area contributed by atoms with E-state index in [1.165, 1.54) is 12.8 Å². The van der Waals surface area contributed by atoms with Crippen molar-refractivity contribution in [2.24, 2.45) is 0 Å². The van der Waals surface area contributed by atoms with Gasteiger partial charge in [-0.25, -0.2) is 13.1 Å². The van der Waals surface area contributed by atoms with Crippen LogP contribution >= 0.6 is 0 Å². The molecule has 0 saturated carbocycles. The molecule has 4 nitrogen and oxygen atoms in total. The van der Waals surface area contributed by atoms with Gasteiger partial charge in [-0.2, -0.15) is 0 Å². The van der Waals surface area contributed by atoms with Crippen LogP contribution in [0.3, 0.4) is 0 Å². The molecule has 0 radical (unpaired) electrons. The number of aryl methyl sites for hydroxylation is 1. The quantitative estimate of drug-likeness (QED) is 0.719. The van der Waals surface area contributed by atoms with Crippen LogP contribution in [0.25, 0.3) is 0 Å². The van der Waals surface area contributed by atoms with Gasteiger partial charge >= 0.3 is 0 Å². The van der Waals surface area contributed by atoms with Gasteiger partial charge in [0.1, 0.15) is 0 Å². The Morgan fingerprint density at radius 2 is 1.84 bits per heavy atom. The first-order valence-corrected chi connectivity index (χ1v) is 8.20. The highest BCUT2D eigenvalue weighted by Gasteiger charge is 2.16. The molecule has 0 amide bonds. The van der Waals surface area contributed by atoms with Gasteiger partial charge in [-0.1, -0.05) is 31.9 Å². The molecule has 0 spiro atoms. The SMILES string of the molecule is CCCCCc1ccc(S(=O)(=O)NC(C)CO)cc1. The molecule has 1 aromatic rings. The smallest absolute Gasteiger partial charge is 0.240 e. The molecule has 0 heterocycles. The zero-order valence-corrected chi connectivity index (χ0v) is 12.4. The Morgan fingerprint density at radius 3 is 2.37 bits per heavy atom. The first-order chi connectivity index (χ1) is 8.99. The fraction of sp³-hybridized carbons (Fsp3) is 0.571. The molecule has 2 N–H and O–H groups in total. The Morgan fingerprint density at radius 1 is 1.21 bits per heavy atom. The summed E-state index contributed by atoms with van der Waals surface area (Å²) in [6, 6.07) is 6.47. The van der Waals surface area contributed by atoms with E-state index in [2.05, 4.69) is 11.6 Å². The highest BCUT2D eigenvalue weighted by Crippen LogP contribution is 2.13. The topological polar surface area (TPSA) is 66.4 Å². The Balaban J connectivity index is 2.69. The summed E-state index contributed by atoms with van der Waals surface area (Å²) < 4.78 is 26.3. The number of benzene rings is 1. The molecule has 0 saturated heterocycles. The minimum absolute atomic E-state index is 0.214. The summed E-state index contributed by atoms with van der Waals surface area (Å²) in [5, 5.41) is 8.88. The molecule has 5 heteroatoms. The number of aliphatic hydroxyl groups excluding tert-OH is 1. The molecule has 108 valence electrons. The highest BCUT2D eigenvalue weighted by atomic mass is 32.2. The van der Waals surface area contributed by atoms with Crippen LogP contribution in [0, 0.1) is 0 Å². The fourth-order valence-electron chi connectivity index (χ4n) is 1.78. The molecule has 0 aliphatic rings. The maximum absolute atomic E-state index is 12.0. The lowest BCUT2D eigenvalue weighted by atomic mass is 10.1. The van der Waals surface area contributed by atoms with Crippen molar-refractivity contribution in [3.05, 3.63) is 29.8 Å². The Labute approximate surface area is 115 Å². The van der Waals surface area contributed by atoms with Crippen LogP contribution < -0.4 is 4.72 Å². The summed E-state index contributed by atoms with van der Waals surface area (Å²) in [5.74, 6) is 0. The van der Waals surface area contributed by atoms with E-state index in [0.717, 1.165) is 18.4 Å². The van der Waals surface area contributed by atoms with E-state index in [1.54, 1.807) is 19.1 Å². The van der Waals surface area contributed by atoms with Gasteiger partial charge < -0.3 is 5.11 Å². The molecular weight excluding hydrogens is 262 g/mol. The molecule has 1 atom stereocenters. The molecule has 0 fully saturated rings. The summed E-state index contributed by atoms with van der Waals surface area (Å²) in [5.41, 5.74) is 1.16. The zero-order valence-electron chi connectivity index (χ0n) is 11.6. The van der Waals surface area contributed by atoms with E-state index >= 15 is 0 Å². The van der Waals surface area contributed by atoms with Crippen LogP contribution in [-0.4, -0.2) is 26.2 Å². The lowest BCUT2D eigenvalue weighted by Crippen LogP contribution is -2.34. The van der Waals surface area contributed by atoms with Gasteiger partial charge in [0.2, 0.25) is 10.0 Å². The van der Waals surface area contributed by atoms with Crippen LogP contribution in [0.15, 0.2) is 29.2 Å². The van der Waals surface area contributed by atoms with Gasteiger partial charge in [0, 0.05) is 6.04 Å². The van der Waals surface area contributed by atoms with Crippen molar-refractivity contribution in [2.45, 2.75) is 50.5 Å². The Bertz CT molecular complexity index is 468. The lowest BCUT2D eigenvalue weighted by Gasteiger charge is -2.11. The summed E-state index contributed by atoms with van der Waals surface area (Å²) >= 11 is 0. The molecule has 0 aliphatic carbocycles. The second kappa shape index (κ2) is 7.62. The second-order valence-electron chi connectivity index (χ2n) is 4.81. The number of rotatable bonds is 8. The van der Waals surface area contributed by atoms with Crippen molar-refractivity contribution in [1.29, 1.82) is 0 Å². The summed E-state index contributed by atoms with van der Waals surface area (Å²) in [6.07, 6.45) is 4.47. The van der Waals surface area contributed by atoms with Gasteiger partial charge in [0.25, 0.3) is 0 Å². The molecule has 0 aliphatic heterocycles. The zero-order chi connectivity index (χ0) is 14.3. The molecule has 1 aromatic carbocycles. The average molecular weight is 285 g/mol. The van der Waals surface area contributed by atoms with E-state index < -0.39 is 16.1 Å². The third-order valence-corrected chi connectivity index (χ3v) is 4.54. The van der Waals surface area contributed by atoms with Crippen LogP contribution in [-0.2, 0) is 16.4 Å². The van der Waals surface area contributed by atoms with E-state index in [1.807, 2.05) is 12.1 Å². The highest BCUT2D eigenvalue weighted by molar-refractivity contribution is 7.89. The van der Waals surface area contributed by atoms with E-state index in [0.29, 0.717) is 0 Å². The number of hydrogen-bond donors (Lipinski definition) is 2. The van der Waals surface area contributed by atoms with Gasteiger partial charge in [0.15, 0.2) is 0 Å². The van der Waals surface area contributed by atoms with Gasteiger partial charge in [-0.3, -0.25) is 0 Å². The van der Waals surface area contributed by atoms with Crippen molar-refractivity contribution in [1.82, 2.24) is 4.72 Å². The van der Waals surface area contributed by atoms with E-state index in [-0.39, 0.29) is 11.5 Å². The predicted octanol–water partition coefficient (Wildman–Crippen LogP) is 2.08. The monoisotopic (exact) mass is 285 g/mol. The lowest BCUT2D eigenvalue weighted by molar-refractivity contribution is 0.265. The molecule has 19 heavy (non-hydrogen) atoms. The van der Waals surface area contributed by atoms with E-state index in [9.17, 15) is 8.42 Å². The van der Waals surface area contributed by atoms with Crippen molar-refractivity contribution in [3.63, 3.8) is 0 Å². The van der Waals surface area contributed by atoms with Crippen LogP contribution in [0.1, 0.15) is 38.7 Å². The Hall–Kier alpha value is -0.910. The number of sulfonamides is 1. The van der Waals surface area contributed by atoms with Gasteiger partial charge in [0.05, 0.1) is 11.5 Å². The van der Waals surface area contributed by atoms with Gasteiger partial charge in [-0.05, 0) is 37.5 Å². The summed E-state index contributed by atoms with van der Waals surface area (Å²) in [4.78, 5) is 0.243. The third kappa shape index (κ3) is 5.30. The normalized spacial score (nSPS) is 13.4. The van der Waals surface area contributed by atoms with Crippen LogP contribution in [0.2, 0.25) is 0 Å². The predicted molar refractivity (Wildman–Crippen MR) is 76.5 cm³/mol. The third-order valence-electron chi connectivity index (χ3n) is 2.93. The minimum atomic E-state index is -3.52. The second-order valence-corrected chi connectivity index (χ2v) is 6.52. The Kier molecular flexibility index (Phi) is 6.48. The van der Waals surface area contributed by atoms with Gasteiger partial charge in [-0.15, -0.1) is 0 Å². The molecule has 1 rings (SSSR count). The molecule has 0 aromatic heterocycles. The summed E-state index contributed by atoms with van der Waals surface area (Å²) in [6.45, 7) is 3.56. The maximum atomic E-state index is 12.0. The van der Waals surface area contributed by atoms with E-state index in [4.69, 9.17) is 5.11 Å². The van der Waals surface area contributed by atoms with Crippen molar-refractivity contribution in [3.8, 4) is 0 Å². The number of hydrogen-bond acceptors (Lipinski definition) is 3. The molecule has 1 unspecified atom stereocenters. The first-order valence-electron chi connectivity index (χ1n) is 6.71.